The van der Waals surface area contributed by atoms with Crippen LogP contribution in [0.1, 0.15) is 38.5 Å². The molecule has 0 aromatic heterocycles. The predicted octanol–water partition coefficient (Wildman–Crippen LogP) is 1.40. The van der Waals surface area contributed by atoms with Gasteiger partial charge < -0.3 is 10.4 Å². The molecule has 2 saturated carbocycles. The number of hydrogen-bond acceptors (Lipinski definition) is 2. The van der Waals surface area contributed by atoms with E-state index in [0.29, 0.717) is 12.3 Å². The zero-order valence-electron chi connectivity index (χ0n) is 9.45. The molecule has 0 unspecified atom stereocenters. The zero-order chi connectivity index (χ0) is 11.5. The van der Waals surface area contributed by atoms with E-state index in [0.717, 1.165) is 19.4 Å². The molecule has 0 aliphatic heterocycles. The Balaban J connectivity index is 1.80. The zero-order valence-corrected chi connectivity index (χ0v) is 9.45. The minimum atomic E-state index is -0.818. The second-order valence-electron chi connectivity index (χ2n) is 5.02. The van der Waals surface area contributed by atoms with Crippen LogP contribution in [0.4, 0.5) is 0 Å². The van der Waals surface area contributed by atoms with Crippen LogP contribution in [0, 0.1) is 17.8 Å². The van der Waals surface area contributed by atoms with Gasteiger partial charge in [-0.3, -0.25) is 9.59 Å². The molecule has 0 heterocycles. The van der Waals surface area contributed by atoms with Crippen molar-refractivity contribution in [2.75, 3.05) is 6.54 Å². The van der Waals surface area contributed by atoms with Gasteiger partial charge in [-0.2, -0.15) is 0 Å². The largest absolute Gasteiger partial charge is 0.481 e. The van der Waals surface area contributed by atoms with Crippen LogP contribution in [0.25, 0.3) is 0 Å². The molecule has 2 aliphatic carbocycles. The Bertz CT molecular complexity index is 286. The van der Waals surface area contributed by atoms with Gasteiger partial charge in [-0.25, -0.2) is 0 Å². The Morgan fingerprint density at radius 3 is 2.25 bits per heavy atom. The average Bonchev–Trinajstić information content (AvgIpc) is 2.63. The number of aliphatic carboxylic acids is 1. The Hall–Kier alpha value is -1.06. The molecule has 2 fully saturated rings. The van der Waals surface area contributed by atoms with Crippen LogP contribution in [0.15, 0.2) is 0 Å². The van der Waals surface area contributed by atoms with Crippen molar-refractivity contribution in [3.8, 4) is 0 Å². The highest BCUT2D eigenvalue weighted by molar-refractivity contribution is 5.85. The van der Waals surface area contributed by atoms with E-state index >= 15 is 0 Å². The van der Waals surface area contributed by atoms with E-state index in [9.17, 15) is 9.59 Å². The van der Waals surface area contributed by atoms with Crippen LogP contribution in [-0.2, 0) is 9.59 Å². The van der Waals surface area contributed by atoms with Crippen LogP contribution in [-0.4, -0.2) is 23.5 Å². The van der Waals surface area contributed by atoms with Crippen molar-refractivity contribution in [1.82, 2.24) is 5.32 Å². The van der Waals surface area contributed by atoms with Gasteiger partial charge >= 0.3 is 5.97 Å². The number of carbonyl (C=O) groups is 2. The minimum absolute atomic E-state index is 0.0446. The molecule has 1 amide bonds. The molecule has 0 spiro atoms. The number of carbonyl (C=O) groups excluding carboxylic acids is 1. The molecular formula is C12H19NO3. The third-order valence-corrected chi connectivity index (χ3v) is 3.96. The van der Waals surface area contributed by atoms with E-state index in [1.54, 1.807) is 0 Å². The first-order valence-corrected chi connectivity index (χ1v) is 6.19. The second kappa shape index (κ2) is 4.85. The summed E-state index contributed by atoms with van der Waals surface area (Å²) in [6, 6.07) is 0. The van der Waals surface area contributed by atoms with Gasteiger partial charge in [-0.15, -0.1) is 0 Å². The number of amides is 1. The Labute approximate surface area is 95.4 Å². The fraction of sp³-hybridized carbons (Fsp3) is 0.833. The Morgan fingerprint density at radius 1 is 1.06 bits per heavy atom. The fourth-order valence-electron chi connectivity index (χ4n) is 2.64. The summed E-state index contributed by atoms with van der Waals surface area (Å²) in [6.07, 6.45) is 5.91. The van der Waals surface area contributed by atoms with Gasteiger partial charge in [0.25, 0.3) is 0 Å². The van der Waals surface area contributed by atoms with Crippen LogP contribution < -0.4 is 5.32 Å². The van der Waals surface area contributed by atoms with Crippen molar-refractivity contribution < 1.29 is 14.7 Å². The summed E-state index contributed by atoms with van der Waals surface area (Å²) in [6.45, 7) is 0.738. The normalized spacial score (nSPS) is 29.8. The quantitative estimate of drug-likeness (QED) is 0.760. The van der Waals surface area contributed by atoms with Crippen LogP contribution in [0.3, 0.4) is 0 Å². The van der Waals surface area contributed by atoms with Crippen molar-refractivity contribution >= 4 is 11.9 Å². The smallest absolute Gasteiger partial charge is 0.307 e. The van der Waals surface area contributed by atoms with Gasteiger partial charge in [0, 0.05) is 6.54 Å². The maximum atomic E-state index is 11.8. The molecule has 0 aromatic carbocycles. The molecule has 4 heteroatoms. The van der Waals surface area contributed by atoms with Crippen LogP contribution >= 0.6 is 0 Å². The summed E-state index contributed by atoms with van der Waals surface area (Å²) >= 11 is 0. The lowest BCUT2D eigenvalue weighted by Crippen LogP contribution is -2.38. The topological polar surface area (TPSA) is 66.4 Å². The maximum absolute atomic E-state index is 11.8. The molecule has 0 radical (unpaired) electrons. The van der Waals surface area contributed by atoms with E-state index in [-0.39, 0.29) is 11.8 Å². The Kier molecular flexibility index (Phi) is 3.46. The average molecular weight is 225 g/mol. The van der Waals surface area contributed by atoms with Crippen LogP contribution in [0.2, 0.25) is 0 Å². The molecule has 16 heavy (non-hydrogen) atoms. The first-order chi connectivity index (χ1) is 7.68. The molecule has 2 aliphatic rings. The third-order valence-electron chi connectivity index (χ3n) is 3.96. The van der Waals surface area contributed by atoms with E-state index in [4.69, 9.17) is 5.11 Å². The number of carboxylic acids is 1. The van der Waals surface area contributed by atoms with Crippen molar-refractivity contribution in [1.29, 1.82) is 0 Å². The summed E-state index contributed by atoms with van der Waals surface area (Å²) in [7, 11) is 0. The molecule has 2 rings (SSSR count). The molecule has 0 aromatic rings. The van der Waals surface area contributed by atoms with Crippen molar-refractivity contribution in [3.05, 3.63) is 0 Å². The number of rotatable bonds is 4. The molecule has 90 valence electrons. The van der Waals surface area contributed by atoms with Gasteiger partial charge in [0.05, 0.1) is 11.8 Å². The standard InChI is InChI=1S/C12H19NO3/c14-11(13-7-8-3-1-4-8)9-5-2-6-10(9)12(15)16/h8-10H,1-7H2,(H,13,14)(H,15,16)/t9-,10+/m1/s1. The molecule has 0 saturated heterocycles. The van der Waals surface area contributed by atoms with E-state index < -0.39 is 11.9 Å². The lowest BCUT2D eigenvalue weighted by atomic mass is 9.85. The predicted molar refractivity (Wildman–Crippen MR) is 58.8 cm³/mol. The number of nitrogens with one attached hydrogen (secondary N) is 1. The van der Waals surface area contributed by atoms with Crippen LogP contribution in [0.5, 0.6) is 0 Å². The monoisotopic (exact) mass is 225 g/mol. The highest BCUT2D eigenvalue weighted by atomic mass is 16.4. The second-order valence-corrected chi connectivity index (χ2v) is 5.02. The van der Waals surface area contributed by atoms with Gasteiger partial charge in [0.2, 0.25) is 5.91 Å². The van der Waals surface area contributed by atoms with Gasteiger partial charge in [-0.1, -0.05) is 12.8 Å². The Morgan fingerprint density at radius 2 is 1.69 bits per heavy atom. The van der Waals surface area contributed by atoms with E-state index in [1.165, 1.54) is 19.3 Å². The van der Waals surface area contributed by atoms with Crippen molar-refractivity contribution in [2.45, 2.75) is 38.5 Å². The highest BCUT2D eigenvalue weighted by Gasteiger charge is 2.37. The molecule has 4 nitrogen and oxygen atoms in total. The first kappa shape index (κ1) is 11.4. The highest BCUT2D eigenvalue weighted by Crippen LogP contribution is 2.32. The molecule has 0 bridgehead atoms. The summed E-state index contributed by atoms with van der Waals surface area (Å²) in [5.74, 6) is -0.981. The maximum Gasteiger partial charge on any atom is 0.307 e. The lowest BCUT2D eigenvalue weighted by molar-refractivity contribution is -0.146. The fourth-order valence-corrected chi connectivity index (χ4v) is 2.64. The summed E-state index contributed by atoms with van der Waals surface area (Å²) in [5, 5.41) is 11.9. The van der Waals surface area contributed by atoms with Crippen molar-refractivity contribution in [3.63, 3.8) is 0 Å². The third kappa shape index (κ3) is 2.36. The molecular weight excluding hydrogens is 206 g/mol. The SMILES string of the molecule is O=C(O)[C@H]1CCC[C@H]1C(=O)NCC1CCC1. The van der Waals surface area contributed by atoms with Gasteiger partial charge in [-0.05, 0) is 31.6 Å². The molecule has 2 N–H and O–H groups in total. The summed E-state index contributed by atoms with van der Waals surface area (Å²) in [4.78, 5) is 22.8. The van der Waals surface area contributed by atoms with E-state index in [2.05, 4.69) is 5.32 Å². The molecule has 2 atom stereocenters. The van der Waals surface area contributed by atoms with Crippen molar-refractivity contribution in [2.24, 2.45) is 17.8 Å². The van der Waals surface area contributed by atoms with E-state index in [1.807, 2.05) is 0 Å². The summed E-state index contributed by atoms with van der Waals surface area (Å²) < 4.78 is 0. The van der Waals surface area contributed by atoms with Gasteiger partial charge in [0.15, 0.2) is 0 Å². The van der Waals surface area contributed by atoms with Gasteiger partial charge in [0.1, 0.15) is 0 Å². The lowest BCUT2D eigenvalue weighted by Gasteiger charge is -2.26. The minimum Gasteiger partial charge on any atom is -0.481 e. The summed E-state index contributed by atoms with van der Waals surface area (Å²) in [5.41, 5.74) is 0. The first-order valence-electron chi connectivity index (χ1n) is 6.19. The number of hydrogen-bond donors (Lipinski definition) is 2. The number of carboxylic acid groups (broad SMARTS) is 1.